The van der Waals surface area contributed by atoms with Crippen molar-refractivity contribution in [1.29, 1.82) is 0 Å². The highest BCUT2D eigenvalue weighted by molar-refractivity contribution is 5.94. The molecule has 0 aliphatic rings. The number of halogens is 3. The van der Waals surface area contributed by atoms with Crippen molar-refractivity contribution in [1.82, 2.24) is 20.3 Å². The maximum atomic E-state index is 12.2. The minimum absolute atomic E-state index is 0.0499. The van der Waals surface area contributed by atoms with Crippen LogP contribution in [-0.2, 0) is 24.3 Å². The van der Waals surface area contributed by atoms with Crippen LogP contribution in [0, 0.1) is 0 Å². The van der Waals surface area contributed by atoms with E-state index in [1.807, 2.05) is 0 Å². The van der Waals surface area contributed by atoms with Gasteiger partial charge in [0.25, 0.3) is 5.91 Å². The Labute approximate surface area is 140 Å². The summed E-state index contributed by atoms with van der Waals surface area (Å²) in [6.07, 6.45) is -3.87. The predicted molar refractivity (Wildman–Crippen MR) is 79.6 cm³/mol. The Morgan fingerprint density at radius 2 is 1.88 bits per heavy atom. The molecule has 0 fully saturated rings. The Hall–Kier alpha value is -2.91. The van der Waals surface area contributed by atoms with Gasteiger partial charge in [0, 0.05) is 12.0 Å². The van der Waals surface area contributed by atoms with Crippen LogP contribution in [0.2, 0.25) is 0 Å². The topological polar surface area (TPSA) is 97.1 Å². The first-order valence-corrected chi connectivity index (χ1v) is 7.27. The predicted octanol–water partition coefficient (Wildman–Crippen LogP) is 1.79. The first-order chi connectivity index (χ1) is 11.7. The molecule has 0 bridgehead atoms. The summed E-state index contributed by atoms with van der Waals surface area (Å²) in [5, 5.41) is 18.5. The molecule has 134 valence electrons. The lowest BCUT2D eigenvalue weighted by atomic mass is 10.1. The molecule has 1 aromatic heterocycles. The van der Waals surface area contributed by atoms with E-state index >= 15 is 0 Å². The van der Waals surface area contributed by atoms with E-state index in [1.54, 1.807) is 0 Å². The van der Waals surface area contributed by atoms with Crippen molar-refractivity contribution in [3.05, 3.63) is 47.3 Å². The van der Waals surface area contributed by atoms with Gasteiger partial charge in [0.05, 0.1) is 12.7 Å². The number of aliphatic carboxylic acids is 1. The van der Waals surface area contributed by atoms with Crippen LogP contribution >= 0.6 is 0 Å². The third-order valence-electron chi connectivity index (χ3n) is 3.23. The van der Waals surface area contributed by atoms with Gasteiger partial charge < -0.3 is 10.4 Å². The second kappa shape index (κ2) is 7.77. The second-order valence-corrected chi connectivity index (χ2v) is 5.30. The van der Waals surface area contributed by atoms with Gasteiger partial charge in [-0.2, -0.15) is 13.2 Å². The maximum absolute atomic E-state index is 12.2. The summed E-state index contributed by atoms with van der Waals surface area (Å²) in [5.41, 5.74) is 1.18. The second-order valence-electron chi connectivity index (χ2n) is 5.30. The molecule has 1 heterocycles. The number of nitrogens with zero attached hydrogens (tertiary/aromatic N) is 3. The quantitative estimate of drug-likeness (QED) is 0.788. The normalized spacial score (nSPS) is 11.3. The molecule has 25 heavy (non-hydrogen) atoms. The molecule has 10 heteroatoms. The highest BCUT2D eigenvalue weighted by Crippen LogP contribution is 2.22. The van der Waals surface area contributed by atoms with Gasteiger partial charge in [0.2, 0.25) is 0 Å². The number of carboxylic acid groups (broad SMARTS) is 1. The lowest BCUT2D eigenvalue weighted by molar-refractivity contribution is -0.138. The largest absolute Gasteiger partial charge is 0.480 e. The summed E-state index contributed by atoms with van der Waals surface area (Å²) in [6.45, 7) is -0.283. The van der Waals surface area contributed by atoms with Crippen molar-refractivity contribution >= 4 is 11.9 Å². The molecule has 1 amide bonds. The van der Waals surface area contributed by atoms with Gasteiger partial charge in [-0.1, -0.05) is 17.3 Å². The van der Waals surface area contributed by atoms with Crippen molar-refractivity contribution in [3.8, 4) is 0 Å². The number of amides is 1. The number of carbonyl (C=O) groups is 2. The van der Waals surface area contributed by atoms with E-state index in [4.69, 9.17) is 5.11 Å². The molecule has 0 aliphatic heterocycles. The van der Waals surface area contributed by atoms with Gasteiger partial charge in [0.1, 0.15) is 12.2 Å². The number of benzene rings is 1. The van der Waals surface area contributed by atoms with E-state index in [2.05, 4.69) is 15.6 Å². The monoisotopic (exact) mass is 356 g/mol. The van der Waals surface area contributed by atoms with Crippen LogP contribution in [0.25, 0.3) is 0 Å². The molecule has 0 aliphatic carbocycles. The molecule has 7 nitrogen and oxygen atoms in total. The molecular formula is C15H15F3N4O3. The Morgan fingerprint density at radius 3 is 2.48 bits per heavy atom. The minimum Gasteiger partial charge on any atom is -0.480 e. The summed E-state index contributed by atoms with van der Waals surface area (Å²) in [6, 6.07) is 5.85. The van der Waals surface area contributed by atoms with E-state index in [0.29, 0.717) is 16.8 Å². The average molecular weight is 356 g/mol. The number of hydrogen-bond donors (Lipinski definition) is 2. The standard InChI is InChI=1S/C15H15F3N4O3/c16-15(17,18)6-5-10-1-3-11(4-2-10)14(25)19-7-12-8-22(21-20-12)9-13(23)24/h1-4,8H,5-7,9H2,(H,19,25)(H,23,24). The average Bonchev–Trinajstić information content (AvgIpc) is 2.97. The summed E-state index contributed by atoms with van der Waals surface area (Å²) in [7, 11) is 0. The fourth-order valence-corrected chi connectivity index (χ4v) is 2.02. The van der Waals surface area contributed by atoms with Crippen LogP contribution in [-0.4, -0.2) is 38.2 Å². The maximum Gasteiger partial charge on any atom is 0.389 e. The summed E-state index contributed by atoms with van der Waals surface area (Å²) >= 11 is 0. The van der Waals surface area contributed by atoms with E-state index in [9.17, 15) is 22.8 Å². The number of nitrogens with one attached hydrogen (secondary N) is 1. The summed E-state index contributed by atoms with van der Waals surface area (Å²) in [4.78, 5) is 22.5. The molecular weight excluding hydrogens is 341 g/mol. The first-order valence-electron chi connectivity index (χ1n) is 7.27. The van der Waals surface area contributed by atoms with Crippen LogP contribution in [0.15, 0.2) is 30.5 Å². The van der Waals surface area contributed by atoms with Crippen LogP contribution in [0.5, 0.6) is 0 Å². The zero-order chi connectivity index (χ0) is 18.4. The molecule has 1 aromatic carbocycles. The minimum atomic E-state index is -4.21. The van der Waals surface area contributed by atoms with Crippen molar-refractivity contribution < 1.29 is 27.9 Å². The zero-order valence-electron chi connectivity index (χ0n) is 13.0. The lowest BCUT2D eigenvalue weighted by Gasteiger charge is -2.07. The van der Waals surface area contributed by atoms with Crippen molar-refractivity contribution in [2.24, 2.45) is 0 Å². The third-order valence-corrected chi connectivity index (χ3v) is 3.23. The number of alkyl halides is 3. The van der Waals surface area contributed by atoms with Gasteiger partial charge in [-0.25, -0.2) is 4.68 Å². The first kappa shape index (κ1) is 18.4. The Bertz CT molecular complexity index is 741. The smallest absolute Gasteiger partial charge is 0.389 e. The van der Waals surface area contributed by atoms with Crippen LogP contribution < -0.4 is 5.32 Å². The van der Waals surface area contributed by atoms with Crippen LogP contribution in [0.3, 0.4) is 0 Å². The zero-order valence-corrected chi connectivity index (χ0v) is 13.0. The molecule has 2 aromatic rings. The molecule has 2 rings (SSSR count). The lowest BCUT2D eigenvalue weighted by Crippen LogP contribution is -2.23. The number of aromatic nitrogens is 3. The molecule has 0 saturated heterocycles. The van der Waals surface area contributed by atoms with Gasteiger partial charge in [-0.3, -0.25) is 9.59 Å². The Morgan fingerprint density at radius 1 is 1.20 bits per heavy atom. The molecule has 2 N–H and O–H groups in total. The van der Waals surface area contributed by atoms with Gasteiger partial charge in [0.15, 0.2) is 0 Å². The van der Waals surface area contributed by atoms with E-state index < -0.39 is 24.5 Å². The van der Waals surface area contributed by atoms with E-state index in [0.717, 1.165) is 4.68 Å². The molecule has 0 saturated carbocycles. The van der Waals surface area contributed by atoms with Crippen LogP contribution in [0.4, 0.5) is 13.2 Å². The van der Waals surface area contributed by atoms with Crippen molar-refractivity contribution in [2.45, 2.75) is 32.1 Å². The molecule has 0 radical (unpaired) electrons. The summed E-state index contributed by atoms with van der Waals surface area (Å²) in [5.74, 6) is -1.48. The van der Waals surface area contributed by atoms with E-state index in [-0.39, 0.29) is 19.5 Å². The fraction of sp³-hybridized carbons (Fsp3) is 0.333. The third kappa shape index (κ3) is 6.24. The Kier molecular flexibility index (Phi) is 5.73. The number of hydrogen-bond acceptors (Lipinski definition) is 4. The SMILES string of the molecule is O=C(O)Cn1cc(CNC(=O)c2ccc(CCC(F)(F)F)cc2)nn1. The molecule has 0 spiro atoms. The summed E-state index contributed by atoms with van der Waals surface area (Å²) < 4.78 is 37.6. The van der Waals surface area contributed by atoms with E-state index in [1.165, 1.54) is 30.5 Å². The Balaban J connectivity index is 1.86. The molecule has 0 atom stereocenters. The highest BCUT2D eigenvalue weighted by atomic mass is 19.4. The van der Waals surface area contributed by atoms with Crippen LogP contribution in [0.1, 0.15) is 28.0 Å². The number of carboxylic acids is 1. The highest BCUT2D eigenvalue weighted by Gasteiger charge is 2.26. The van der Waals surface area contributed by atoms with Gasteiger partial charge >= 0.3 is 12.1 Å². The van der Waals surface area contributed by atoms with Gasteiger partial charge in [-0.05, 0) is 24.1 Å². The number of rotatable bonds is 7. The number of aryl methyl sites for hydroxylation is 1. The van der Waals surface area contributed by atoms with Gasteiger partial charge in [-0.15, -0.1) is 5.10 Å². The number of carbonyl (C=O) groups excluding carboxylic acids is 1. The fourth-order valence-electron chi connectivity index (χ4n) is 2.02. The van der Waals surface area contributed by atoms with Crippen molar-refractivity contribution in [2.75, 3.05) is 0 Å². The van der Waals surface area contributed by atoms with Crippen molar-refractivity contribution in [3.63, 3.8) is 0 Å². The molecule has 0 unspecified atom stereocenters.